The van der Waals surface area contributed by atoms with E-state index in [9.17, 15) is 14.4 Å². The summed E-state index contributed by atoms with van der Waals surface area (Å²) < 4.78 is 0. The van der Waals surface area contributed by atoms with Crippen molar-refractivity contribution in [2.75, 3.05) is 20.1 Å². The fourth-order valence-corrected chi connectivity index (χ4v) is 6.59. The lowest BCUT2D eigenvalue weighted by Crippen LogP contribution is -2.60. The molecule has 4 N–H and O–H groups in total. The molecule has 0 radical (unpaired) electrons. The van der Waals surface area contributed by atoms with Crippen molar-refractivity contribution in [3.05, 3.63) is 0 Å². The predicted octanol–water partition coefficient (Wildman–Crippen LogP) is 1.81. The first-order valence-electron chi connectivity index (χ1n) is 12.7. The Morgan fingerprint density at radius 3 is 2.59 bits per heavy atom. The van der Waals surface area contributed by atoms with Gasteiger partial charge in [-0.05, 0) is 82.6 Å². The molecule has 4 fully saturated rings. The summed E-state index contributed by atoms with van der Waals surface area (Å²) in [6.45, 7) is 6.26. The molecule has 0 aromatic carbocycles. The zero-order chi connectivity index (χ0) is 22.8. The molecule has 8 nitrogen and oxygen atoms in total. The van der Waals surface area contributed by atoms with Gasteiger partial charge in [0.05, 0.1) is 6.17 Å². The molecule has 1 aliphatic carbocycles. The van der Waals surface area contributed by atoms with E-state index in [0.717, 1.165) is 58.0 Å². The number of rotatable bonds is 3. The summed E-state index contributed by atoms with van der Waals surface area (Å²) in [5.41, 5.74) is 0. The van der Waals surface area contributed by atoms with Crippen LogP contribution < -0.4 is 21.3 Å². The highest BCUT2D eigenvalue weighted by Gasteiger charge is 2.47. The summed E-state index contributed by atoms with van der Waals surface area (Å²) in [7, 11) is 1.96. The lowest BCUT2D eigenvalue weighted by Gasteiger charge is -2.50. The number of carbonyl (C=O) groups excluding carboxylic acids is 3. The zero-order valence-corrected chi connectivity index (χ0v) is 19.9. The third-order valence-electron chi connectivity index (χ3n) is 8.58. The molecule has 3 heterocycles. The first-order chi connectivity index (χ1) is 15.3. The van der Waals surface area contributed by atoms with Gasteiger partial charge in [0, 0.05) is 37.5 Å². The second-order valence-corrected chi connectivity index (χ2v) is 10.8. The number of piperidine rings is 3. The van der Waals surface area contributed by atoms with Crippen molar-refractivity contribution in [1.29, 1.82) is 0 Å². The maximum absolute atomic E-state index is 13.3. The van der Waals surface area contributed by atoms with Gasteiger partial charge in [0.15, 0.2) is 0 Å². The molecule has 3 saturated heterocycles. The van der Waals surface area contributed by atoms with Crippen molar-refractivity contribution < 1.29 is 14.4 Å². The summed E-state index contributed by atoms with van der Waals surface area (Å²) in [6.07, 6.45) is 7.32. The van der Waals surface area contributed by atoms with Gasteiger partial charge in [-0.25, -0.2) is 4.79 Å². The van der Waals surface area contributed by atoms with Crippen LogP contribution in [-0.4, -0.2) is 61.1 Å². The van der Waals surface area contributed by atoms with Crippen molar-refractivity contribution in [3.8, 4) is 0 Å². The molecule has 180 valence electrons. The van der Waals surface area contributed by atoms with Gasteiger partial charge in [-0.1, -0.05) is 6.92 Å². The maximum atomic E-state index is 13.3. The van der Waals surface area contributed by atoms with Crippen LogP contribution in [0.1, 0.15) is 65.2 Å². The molecule has 4 amide bonds. The Morgan fingerprint density at radius 2 is 1.84 bits per heavy atom. The number of urea groups is 1. The van der Waals surface area contributed by atoms with Crippen LogP contribution in [0.5, 0.6) is 0 Å². The number of nitrogens with zero attached hydrogens (tertiary/aromatic N) is 1. The van der Waals surface area contributed by atoms with Gasteiger partial charge >= 0.3 is 6.03 Å². The molecule has 0 aromatic heterocycles. The van der Waals surface area contributed by atoms with Crippen LogP contribution in [-0.2, 0) is 9.59 Å². The Bertz CT molecular complexity index is 710. The smallest absolute Gasteiger partial charge is 0.322 e. The van der Waals surface area contributed by atoms with E-state index >= 15 is 0 Å². The van der Waals surface area contributed by atoms with Crippen LogP contribution in [0.2, 0.25) is 0 Å². The van der Waals surface area contributed by atoms with Crippen molar-refractivity contribution >= 4 is 17.8 Å². The Kier molecular flexibility index (Phi) is 7.40. The van der Waals surface area contributed by atoms with Gasteiger partial charge in [-0.2, -0.15) is 0 Å². The minimum atomic E-state index is -0.414. The molecule has 0 spiro atoms. The van der Waals surface area contributed by atoms with E-state index in [1.807, 2.05) is 11.9 Å². The van der Waals surface area contributed by atoms with Crippen molar-refractivity contribution in [2.45, 2.75) is 83.5 Å². The molecular weight excluding hydrogens is 406 g/mol. The predicted molar refractivity (Wildman–Crippen MR) is 123 cm³/mol. The minimum Gasteiger partial charge on any atom is -0.342 e. The van der Waals surface area contributed by atoms with E-state index in [4.69, 9.17) is 0 Å². The van der Waals surface area contributed by atoms with Crippen LogP contribution in [0.3, 0.4) is 0 Å². The first kappa shape index (κ1) is 23.5. The Labute approximate surface area is 192 Å². The maximum Gasteiger partial charge on any atom is 0.322 e. The van der Waals surface area contributed by atoms with E-state index in [0.29, 0.717) is 30.3 Å². The SMILES string of the molecule is CC1CC2C(CN1)CC(C1CC(C(=O)NC(=O)NC3CCCCN3)CCC1C)C(=O)N2C. The number of amides is 4. The Morgan fingerprint density at radius 1 is 1.03 bits per heavy atom. The van der Waals surface area contributed by atoms with Gasteiger partial charge in [-0.15, -0.1) is 0 Å². The van der Waals surface area contributed by atoms with Crippen molar-refractivity contribution in [1.82, 2.24) is 26.2 Å². The van der Waals surface area contributed by atoms with E-state index in [1.54, 1.807) is 0 Å². The van der Waals surface area contributed by atoms with Crippen molar-refractivity contribution in [3.63, 3.8) is 0 Å². The van der Waals surface area contributed by atoms with Crippen molar-refractivity contribution in [2.24, 2.45) is 29.6 Å². The summed E-state index contributed by atoms with van der Waals surface area (Å²) in [5.74, 6) is 0.904. The van der Waals surface area contributed by atoms with Crippen LogP contribution in [0.25, 0.3) is 0 Å². The highest BCUT2D eigenvalue weighted by atomic mass is 16.2. The number of imide groups is 1. The molecule has 0 aromatic rings. The van der Waals surface area contributed by atoms with Crippen LogP contribution >= 0.6 is 0 Å². The molecule has 8 heteroatoms. The quantitative estimate of drug-likeness (QED) is 0.528. The topological polar surface area (TPSA) is 103 Å². The normalized spacial score (nSPS) is 40.3. The number of nitrogens with one attached hydrogen (secondary N) is 4. The standard InChI is InChI=1S/C24H41N5O3/c1-14-7-8-16(22(30)28-24(32)27-21-6-4-5-9-25-21)11-18(14)19-12-17-13-26-15(2)10-20(17)29(3)23(19)31/h14-21,25-26H,4-13H2,1-3H3,(H2,27,28,30,32). The number of hydrogen-bond acceptors (Lipinski definition) is 5. The number of carbonyl (C=O) groups is 3. The third kappa shape index (κ3) is 5.11. The molecule has 0 bridgehead atoms. The summed E-state index contributed by atoms with van der Waals surface area (Å²) in [6, 6.07) is 0.355. The molecular formula is C24H41N5O3. The molecule has 4 aliphatic rings. The number of hydrogen-bond donors (Lipinski definition) is 4. The Hall–Kier alpha value is -1.67. The molecule has 4 rings (SSSR count). The summed E-state index contributed by atoms with van der Waals surface area (Å²) in [4.78, 5) is 40.6. The second kappa shape index (κ2) is 10.1. The Balaban J connectivity index is 1.35. The van der Waals surface area contributed by atoms with Gasteiger partial charge in [0.25, 0.3) is 0 Å². The van der Waals surface area contributed by atoms with E-state index in [1.165, 1.54) is 0 Å². The highest BCUT2D eigenvalue weighted by Crippen LogP contribution is 2.44. The van der Waals surface area contributed by atoms with Gasteiger partial charge in [-0.3, -0.25) is 20.2 Å². The van der Waals surface area contributed by atoms with E-state index in [2.05, 4.69) is 35.1 Å². The fourth-order valence-electron chi connectivity index (χ4n) is 6.59. The van der Waals surface area contributed by atoms with Gasteiger partial charge < -0.3 is 15.5 Å². The average molecular weight is 448 g/mol. The summed E-state index contributed by atoms with van der Waals surface area (Å²) in [5, 5.41) is 12.3. The van der Waals surface area contributed by atoms with Gasteiger partial charge in [0.2, 0.25) is 11.8 Å². The molecule has 3 aliphatic heterocycles. The van der Waals surface area contributed by atoms with Crippen LogP contribution in [0.15, 0.2) is 0 Å². The zero-order valence-electron chi connectivity index (χ0n) is 19.9. The van der Waals surface area contributed by atoms with Gasteiger partial charge in [0.1, 0.15) is 0 Å². The van der Waals surface area contributed by atoms with E-state index < -0.39 is 6.03 Å². The number of likely N-dealkylation sites (tertiary alicyclic amines) is 1. The van der Waals surface area contributed by atoms with E-state index in [-0.39, 0.29) is 35.7 Å². The average Bonchev–Trinajstić information content (AvgIpc) is 2.77. The fraction of sp³-hybridized carbons (Fsp3) is 0.875. The molecule has 1 saturated carbocycles. The minimum absolute atomic E-state index is 0.0256. The molecule has 8 unspecified atom stereocenters. The first-order valence-corrected chi connectivity index (χ1v) is 12.7. The molecule has 8 atom stereocenters. The summed E-state index contributed by atoms with van der Waals surface area (Å²) >= 11 is 0. The monoisotopic (exact) mass is 447 g/mol. The largest absolute Gasteiger partial charge is 0.342 e. The number of fused-ring (bicyclic) bond motifs is 1. The highest BCUT2D eigenvalue weighted by molar-refractivity contribution is 5.95. The third-order valence-corrected chi connectivity index (χ3v) is 8.58. The second-order valence-electron chi connectivity index (χ2n) is 10.8. The molecule has 32 heavy (non-hydrogen) atoms. The lowest BCUT2D eigenvalue weighted by molar-refractivity contribution is -0.149. The van der Waals surface area contributed by atoms with Crippen LogP contribution in [0, 0.1) is 29.6 Å². The van der Waals surface area contributed by atoms with Crippen LogP contribution in [0.4, 0.5) is 4.79 Å². The lowest BCUT2D eigenvalue weighted by atomic mass is 9.64.